The Morgan fingerprint density at radius 1 is 0.919 bits per heavy atom. The monoisotopic (exact) mass is 529 g/mol. The summed E-state index contributed by atoms with van der Waals surface area (Å²) in [5.74, 6) is -1.20. The normalized spacial score (nSPS) is 12.0. The van der Waals surface area contributed by atoms with E-state index in [1.807, 2.05) is 0 Å². The number of hydrogen-bond acceptors (Lipinski definition) is 3. The summed E-state index contributed by atoms with van der Waals surface area (Å²) in [6.07, 6.45) is -6.67. The Labute approximate surface area is 209 Å². The molecule has 0 atom stereocenters. The highest BCUT2D eigenvalue weighted by Crippen LogP contribution is 2.36. The van der Waals surface area contributed by atoms with Crippen LogP contribution in [0.3, 0.4) is 0 Å². The summed E-state index contributed by atoms with van der Waals surface area (Å²) in [4.78, 5) is 28.8. The quantitative estimate of drug-likeness (QED) is 0.333. The number of amides is 2. The number of carbonyl (C=O) groups is 2. The molecule has 0 radical (unpaired) electrons. The van der Waals surface area contributed by atoms with Gasteiger partial charge in [0.15, 0.2) is 0 Å². The second-order valence-electron chi connectivity index (χ2n) is 8.46. The molecule has 0 aliphatic carbocycles. The highest BCUT2D eigenvalue weighted by Gasteiger charge is 2.38. The van der Waals surface area contributed by atoms with Crippen LogP contribution in [-0.4, -0.2) is 39.3 Å². The minimum Gasteiger partial charge on any atom is -0.467 e. The highest BCUT2D eigenvalue weighted by atomic mass is 19.4. The first kappa shape index (κ1) is 27.9. The number of nitrogens with zero attached hydrogens (tertiary/aromatic N) is 3. The number of benzene rings is 1. The van der Waals surface area contributed by atoms with E-state index >= 15 is 0 Å². The molecule has 2 heterocycles. The maximum Gasteiger partial charge on any atom is 0.416 e. The van der Waals surface area contributed by atoms with Gasteiger partial charge in [-0.3, -0.25) is 9.59 Å². The maximum absolute atomic E-state index is 13.3. The molecule has 200 valence electrons. The fourth-order valence-electron chi connectivity index (χ4n) is 3.73. The van der Waals surface area contributed by atoms with Crippen molar-refractivity contribution in [1.82, 2.24) is 14.4 Å². The first-order chi connectivity index (χ1) is 17.3. The van der Waals surface area contributed by atoms with Crippen molar-refractivity contribution in [3.05, 3.63) is 83.1 Å². The van der Waals surface area contributed by atoms with E-state index in [4.69, 9.17) is 4.42 Å². The molecular weight excluding hydrogens is 504 g/mol. The summed E-state index contributed by atoms with van der Waals surface area (Å²) in [7, 11) is 1.78. The van der Waals surface area contributed by atoms with Gasteiger partial charge in [-0.15, -0.1) is 0 Å². The molecular formula is C25H25F6N3O3. The van der Waals surface area contributed by atoms with Gasteiger partial charge < -0.3 is 18.8 Å². The largest absolute Gasteiger partial charge is 0.467 e. The van der Waals surface area contributed by atoms with E-state index in [-0.39, 0.29) is 25.7 Å². The molecule has 0 fully saturated rings. The summed E-state index contributed by atoms with van der Waals surface area (Å²) in [6, 6.07) is 7.56. The highest BCUT2D eigenvalue weighted by molar-refractivity contribution is 5.97. The molecule has 0 saturated carbocycles. The smallest absolute Gasteiger partial charge is 0.416 e. The molecule has 0 unspecified atom stereocenters. The SMILES string of the molecule is CCCN(CC(=O)N(Cc1ccco1)Cc1cccn1C)C(=O)c1cc(C(F)(F)F)cc(C(F)(F)F)c1. The van der Waals surface area contributed by atoms with Crippen LogP contribution >= 0.6 is 0 Å². The molecule has 0 saturated heterocycles. The van der Waals surface area contributed by atoms with Gasteiger partial charge in [-0.2, -0.15) is 26.3 Å². The molecule has 2 amide bonds. The number of carbonyl (C=O) groups excluding carboxylic acids is 2. The second kappa shape index (κ2) is 11.1. The van der Waals surface area contributed by atoms with Crippen LogP contribution in [0.15, 0.2) is 59.3 Å². The summed E-state index contributed by atoms with van der Waals surface area (Å²) in [5.41, 5.74) is -3.24. The van der Waals surface area contributed by atoms with Crippen LogP contribution < -0.4 is 0 Å². The molecule has 0 aliphatic heterocycles. The second-order valence-corrected chi connectivity index (χ2v) is 8.46. The van der Waals surface area contributed by atoms with E-state index < -0.39 is 47.4 Å². The fraction of sp³-hybridized carbons (Fsp3) is 0.360. The lowest BCUT2D eigenvalue weighted by Gasteiger charge is -2.27. The lowest BCUT2D eigenvalue weighted by Crippen LogP contribution is -2.43. The number of aromatic nitrogens is 1. The third-order valence-corrected chi connectivity index (χ3v) is 5.63. The first-order valence-electron chi connectivity index (χ1n) is 11.3. The van der Waals surface area contributed by atoms with Gasteiger partial charge in [0.25, 0.3) is 5.91 Å². The Bertz CT molecular complexity index is 1180. The minimum atomic E-state index is -5.10. The van der Waals surface area contributed by atoms with Crippen LogP contribution in [0.25, 0.3) is 0 Å². The van der Waals surface area contributed by atoms with E-state index in [1.165, 1.54) is 11.2 Å². The van der Waals surface area contributed by atoms with E-state index in [0.717, 1.165) is 10.6 Å². The molecule has 1 aromatic carbocycles. The molecule has 3 aromatic rings. The number of halogens is 6. The number of alkyl halides is 6. The fourth-order valence-corrected chi connectivity index (χ4v) is 3.73. The van der Waals surface area contributed by atoms with Crippen molar-refractivity contribution in [1.29, 1.82) is 0 Å². The van der Waals surface area contributed by atoms with Crippen molar-refractivity contribution in [3.8, 4) is 0 Å². The van der Waals surface area contributed by atoms with Gasteiger partial charge in [0, 0.05) is 31.0 Å². The van der Waals surface area contributed by atoms with Crippen molar-refractivity contribution in [2.45, 2.75) is 38.8 Å². The van der Waals surface area contributed by atoms with Gasteiger partial charge in [-0.1, -0.05) is 6.92 Å². The molecule has 0 aliphatic rings. The Balaban J connectivity index is 1.91. The van der Waals surface area contributed by atoms with Crippen LogP contribution in [-0.2, 0) is 37.3 Å². The standard InChI is InChI=1S/C25H25F6N3O3/c1-3-8-33(23(36)17-11-18(24(26,27)28)13-19(12-17)25(29,30)31)16-22(35)34(15-21-7-5-10-37-21)14-20-6-4-9-32(20)2/h4-7,9-13H,3,8,14-16H2,1-2H3. The van der Waals surface area contributed by atoms with Gasteiger partial charge in [0.05, 0.1) is 30.5 Å². The zero-order valence-electron chi connectivity index (χ0n) is 20.1. The zero-order chi connectivity index (χ0) is 27.4. The Kier molecular flexibility index (Phi) is 8.39. The third-order valence-electron chi connectivity index (χ3n) is 5.63. The van der Waals surface area contributed by atoms with Crippen molar-refractivity contribution >= 4 is 11.8 Å². The van der Waals surface area contributed by atoms with Crippen LogP contribution in [0.1, 0.15) is 46.3 Å². The summed E-state index contributed by atoms with van der Waals surface area (Å²) >= 11 is 0. The van der Waals surface area contributed by atoms with Crippen LogP contribution in [0.2, 0.25) is 0 Å². The number of aryl methyl sites for hydroxylation is 1. The average molecular weight is 529 g/mol. The number of furan rings is 1. The predicted octanol–water partition coefficient (Wildman–Crippen LogP) is 5.74. The van der Waals surface area contributed by atoms with Crippen molar-refractivity contribution < 1.29 is 40.3 Å². The Morgan fingerprint density at radius 2 is 1.57 bits per heavy atom. The Hall–Kier alpha value is -3.70. The average Bonchev–Trinajstić information content (AvgIpc) is 3.48. The number of hydrogen-bond donors (Lipinski definition) is 0. The molecule has 0 spiro atoms. The van der Waals surface area contributed by atoms with Crippen molar-refractivity contribution in [2.24, 2.45) is 7.05 Å². The predicted molar refractivity (Wildman–Crippen MR) is 121 cm³/mol. The van der Waals surface area contributed by atoms with E-state index in [9.17, 15) is 35.9 Å². The van der Waals surface area contributed by atoms with Gasteiger partial charge in [0.1, 0.15) is 12.3 Å². The first-order valence-corrected chi connectivity index (χ1v) is 11.3. The molecule has 2 aromatic heterocycles. The molecule has 37 heavy (non-hydrogen) atoms. The van der Waals surface area contributed by atoms with Gasteiger partial charge in [-0.25, -0.2) is 0 Å². The van der Waals surface area contributed by atoms with Crippen LogP contribution in [0, 0.1) is 0 Å². The third kappa shape index (κ3) is 7.17. The van der Waals surface area contributed by atoms with Crippen molar-refractivity contribution in [2.75, 3.05) is 13.1 Å². The van der Waals surface area contributed by atoms with Crippen LogP contribution in [0.4, 0.5) is 26.3 Å². The number of rotatable bonds is 9. The summed E-state index contributed by atoms with van der Waals surface area (Å²) in [5, 5.41) is 0. The van der Waals surface area contributed by atoms with Gasteiger partial charge >= 0.3 is 12.4 Å². The lowest BCUT2D eigenvalue weighted by molar-refractivity contribution is -0.143. The molecule has 3 rings (SSSR count). The lowest BCUT2D eigenvalue weighted by atomic mass is 10.0. The van der Waals surface area contributed by atoms with Crippen LogP contribution in [0.5, 0.6) is 0 Å². The molecule has 12 heteroatoms. The van der Waals surface area contributed by atoms with Gasteiger partial charge in [-0.05, 0) is 48.9 Å². The van der Waals surface area contributed by atoms with Crippen molar-refractivity contribution in [3.63, 3.8) is 0 Å². The maximum atomic E-state index is 13.3. The minimum absolute atomic E-state index is 0.0446. The Morgan fingerprint density at radius 3 is 2.05 bits per heavy atom. The van der Waals surface area contributed by atoms with Gasteiger partial charge in [0.2, 0.25) is 5.91 Å². The summed E-state index contributed by atoms with van der Waals surface area (Å²) < 4.78 is 86.9. The van der Waals surface area contributed by atoms with E-state index in [0.29, 0.717) is 24.3 Å². The molecule has 0 N–H and O–H groups in total. The molecule has 0 bridgehead atoms. The topological polar surface area (TPSA) is 58.7 Å². The van der Waals surface area contributed by atoms with E-state index in [2.05, 4.69) is 0 Å². The van der Waals surface area contributed by atoms with E-state index in [1.54, 1.807) is 49.0 Å². The molecule has 6 nitrogen and oxygen atoms in total. The zero-order valence-corrected chi connectivity index (χ0v) is 20.1. The summed E-state index contributed by atoms with van der Waals surface area (Å²) in [6.45, 7) is 1.25.